The van der Waals surface area contributed by atoms with Gasteiger partial charge < -0.3 is 5.32 Å². The number of benzene rings is 2. The molecule has 0 aromatic heterocycles. The molecule has 17 heavy (non-hydrogen) atoms. The summed E-state index contributed by atoms with van der Waals surface area (Å²) >= 11 is 0. The van der Waals surface area contributed by atoms with Crippen molar-refractivity contribution in [1.82, 2.24) is 5.32 Å². The van der Waals surface area contributed by atoms with Gasteiger partial charge >= 0.3 is 0 Å². The summed E-state index contributed by atoms with van der Waals surface area (Å²) in [6.07, 6.45) is 1.08. The molecule has 1 nitrogen and oxygen atoms in total. The zero-order valence-corrected chi connectivity index (χ0v) is 10.5. The maximum atomic E-state index is 3.39. The first-order valence-electron chi connectivity index (χ1n) is 6.16. The minimum atomic E-state index is 0.280. The normalized spacial score (nSPS) is 12.4. The Hall–Kier alpha value is -1.60. The molecule has 88 valence electrons. The van der Waals surface area contributed by atoms with Crippen molar-refractivity contribution >= 4 is 0 Å². The number of hydrogen-bond donors (Lipinski definition) is 1. The monoisotopic (exact) mass is 225 g/mol. The summed E-state index contributed by atoms with van der Waals surface area (Å²) in [5.41, 5.74) is 4.03. The lowest BCUT2D eigenvalue weighted by Gasteiger charge is -2.17. The second-order valence-electron chi connectivity index (χ2n) is 4.23. The van der Waals surface area contributed by atoms with E-state index in [0.717, 1.165) is 6.42 Å². The van der Waals surface area contributed by atoms with Crippen LogP contribution in [0.3, 0.4) is 0 Å². The molecule has 1 heteroatoms. The molecule has 1 atom stereocenters. The lowest BCUT2D eigenvalue weighted by atomic mass is 9.97. The van der Waals surface area contributed by atoms with Crippen LogP contribution in [0, 0.1) is 0 Å². The Labute approximate surface area is 103 Å². The molecule has 2 aromatic carbocycles. The summed E-state index contributed by atoms with van der Waals surface area (Å²) in [4.78, 5) is 0. The molecule has 2 aromatic rings. The van der Waals surface area contributed by atoms with Crippen molar-refractivity contribution in [3.63, 3.8) is 0 Å². The Morgan fingerprint density at radius 2 is 1.65 bits per heavy atom. The number of rotatable bonds is 4. The lowest BCUT2D eigenvalue weighted by Crippen LogP contribution is -2.17. The molecule has 0 radical (unpaired) electrons. The highest BCUT2D eigenvalue weighted by molar-refractivity contribution is 5.34. The van der Waals surface area contributed by atoms with E-state index in [1.165, 1.54) is 16.7 Å². The number of aryl methyl sites for hydroxylation is 1. The standard InChI is InChI=1S/C16H19N/c1-3-13-8-7-11-15(12-13)16(17-2)14-9-5-4-6-10-14/h4-12,16-17H,3H2,1-2H3. The first-order valence-corrected chi connectivity index (χ1v) is 6.16. The van der Waals surface area contributed by atoms with Gasteiger partial charge in [0.1, 0.15) is 0 Å². The van der Waals surface area contributed by atoms with Gasteiger partial charge in [-0.15, -0.1) is 0 Å². The summed E-state index contributed by atoms with van der Waals surface area (Å²) in [6.45, 7) is 2.19. The third-order valence-corrected chi connectivity index (χ3v) is 3.11. The Kier molecular flexibility index (Phi) is 3.94. The van der Waals surface area contributed by atoms with E-state index in [9.17, 15) is 0 Å². The third kappa shape index (κ3) is 2.75. The maximum absolute atomic E-state index is 3.39. The maximum Gasteiger partial charge on any atom is 0.0574 e. The van der Waals surface area contributed by atoms with Crippen LogP contribution in [-0.2, 0) is 6.42 Å². The molecule has 1 unspecified atom stereocenters. The third-order valence-electron chi connectivity index (χ3n) is 3.11. The van der Waals surface area contributed by atoms with E-state index in [1.807, 2.05) is 7.05 Å². The van der Waals surface area contributed by atoms with Crippen molar-refractivity contribution in [3.05, 3.63) is 71.3 Å². The van der Waals surface area contributed by atoms with Crippen LogP contribution >= 0.6 is 0 Å². The van der Waals surface area contributed by atoms with Crippen LogP contribution in [0.2, 0.25) is 0 Å². The van der Waals surface area contributed by atoms with Crippen LogP contribution in [0.4, 0.5) is 0 Å². The van der Waals surface area contributed by atoms with Gasteiger partial charge in [0.05, 0.1) is 6.04 Å². The van der Waals surface area contributed by atoms with E-state index in [4.69, 9.17) is 0 Å². The molecule has 2 rings (SSSR count). The Balaban J connectivity index is 2.35. The average molecular weight is 225 g/mol. The highest BCUT2D eigenvalue weighted by Crippen LogP contribution is 2.22. The van der Waals surface area contributed by atoms with Gasteiger partial charge in [-0.2, -0.15) is 0 Å². The van der Waals surface area contributed by atoms with Gasteiger partial charge in [0, 0.05) is 0 Å². The van der Waals surface area contributed by atoms with E-state index < -0.39 is 0 Å². The molecule has 0 fully saturated rings. The Bertz CT molecular complexity index is 462. The molecule has 0 saturated heterocycles. The SMILES string of the molecule is CCc1cccc(C(NC)c2ccccc2)c1. The van der Waals surface area contributed by atoms with Crippen molar-refractivity contribution in [3.8, 4) is 0 Å². The molecular formula is C16H19N. The first kappa shape index (κ1) is 11.9. The summed E-state index contributed by atoms with van der Waals surface area (Å²) in [5, 5.41) is 3.39. The molecule has 0 aliphatic carbocycles. The highest BCUT2D eigenvalue weighted by Gasteiger charge is 2.11. The minimum Gasteiger partial charge on any atom is -0.309 e. The molecule has 0 amide bonds. The molecule has 0 spiro atoms. The van der Waals surface area contributed by atoms with Gasteiger partial charge in [-0.25, -0.2) is 0 Å². The number of nitrogens with one attached hydrogen (secondary N) is 1. The summed E-state index contributed by atoms with van der Waals surface area (Å²) in [5.74, 6) is 0. The highest BCUT2D eigenvalue weighted by atomic mass is 14.9. The zero-order valence-electron chi connectivity index (χ0n) is 10.5. The minimum absolute atomic E-state index is 0.280. The lowest BCUT2D eigenvalue weighted by molar-refractivity contribution is 0.691. The van der Waals surface area contributed by atoms with E-state index in [0.29, 0.717) is 0 Å². The second kappa shape index (κ2) is 5.65. The molecule has 0 bridgehead atoms. The van der Waals surface area contributed by atoms with Crippen LogP contribution in [0.1, 0.15) is 29.7 Å². The van der Waals surface area contributed by atoms with Crippen molar-refractivity contribution in [2.75, 3.05) is 7.05 Å². The Morgan fingerprint density at radius 3 is 2.29 bits per heavy atom. The fourth-order valence-corrected chi connectivity index (χ4v) is 2.16. The van der Waals surface area contributed by atoms with E-state index in [1.54, 1.807) is 0 Å². The van der Waals surface area contributed by atoms with E-state index >= 15 is 0 Å². The first-order chi connectivity index (χ1) is 8.35. The quantitative estimate of drug-likeness (QED) is 0.839. The van der Waals surface area contributed by atoms with Crippen LogP contribution in [-0.4, -0.2) is 7.05 Å². The Morgan fingerprint density at radius 1 is 0.941 bits per heavy atom. The topological polar surface area (TPSA) is 12.0 Å². The number of hydrogen-bond acceptors (Lipinski definition) is 1. The van der Waals surface area contributed by atoms with Gasteiger partial charge in [0.2, 0.25) is 0 Å². The van der Waals surface area contributed by atoms with Crippen LogP contribution in [0.25, 0.3) is 0 Å². The molecule has 1 N–H and O–H groups in total. The predicted octanol–water partition coefficient (Wildman–Crippen LogP) is 3.56. The van der Waals surface area contributed by atoms with Crippen molar-refractivity contribution in [2.24, 2.45) is 0 Å². The van der Waals surface area contributed by atoms with E-state index in [2.05, 4.69) is 66.8 Å². The summed E-state index contributed by atoms with van der Waals surface area (Å²) in [6, 6.07) is 19.6. The predicted molar refractivity (Wildman–Crippen MR) is 73.2 cm³/mol. The average Bonchev–Trinajstić information content (AvgIpc) is 2.41. The van der Waals surface area contributed by atoms with Crippen molar-refractivity contribution < 1.29 is 0 Å². The molecule has 0 saturated carbocycles. The van der Waals surface area contributed by atoms with Crippen LogP contribution in [0.5, 0.6) is 0 Å². The van der Waals surface area contributed by atoms with Gasteiger partial charge in [0.15, 0.2) is 0 Å². The van der Waals surface area contributed by atoms with Crippen molar-refractivity contribution in [1.29, 1.82) is 0 Å². The smallest absolute Gasteiger partial charge is 0.0574 e. The fourth-order valence-electron chi connectivity index (χ4n) is 2.16. The second-order valence-corrected chi connectivity index (χ2v) is 4.23. The summed E-state index contributed by atoms with van der Waals surface area (Å²) < 4.78 is 0. The van der Waals surface area contributed by atoms with Crippen molar-refractivity contribution in [2.45, 2.75) is 19.4 Å². The van der Waals surface area contributed by atoms with Gasteiger partial charge in [0.25, 0.3) is 0 Å². The van der Waals surface area contributed by atoms with Gasteiger partial charge in [-0.1, -0.05) is 61.5 Å². The van der Waals surface area contributed by atoms with Crippen LogP contribution in [0.15, 0.2) is 54.6 Å². The zero-order chi connectivity index (χ0) is 12.1. The van der Waals surface area contributed by atoms with Gasteiger partial charge in [-0.3, -0.25) is 0 Å². The van der Waals surface area contributed by atoms with Gasteiger partial charge in [-0.05, 0) is 30.2 Å². The molecular weight excluding hydrogens is 206 g/mol. The summed E-state index contributed by atoms with van der Waals surface area (Å²) in [7, 11) is 2.01. The molecule has 0 aliphatic heterocycles. The largest absolute Gasteiger partial charge is 0.309 e. The van der Waals surface area contributed by atoms with Crippen LogP contribution < -0.4 is 5.32 Å². The fraction of sp³-hybridized carbons (Fsp3) is 0.250. The van der Waals surface area contributed by atoms with E-state index in [-0.39, 0.29) is 6.04 Å². The molecule has 0 aliphatic rings. The molecule has 0 heterocycles.